The van der Waals surface area contributed by atoms with Gasteiger partial charge in [0.15, 0.2) is 5.78 Å². The van der Waals surface area contributed by atoms with Crippen LogP contribution in [0.1, 0.15) is 24.2 Å². The summed E-state index contributed by atoms with van der Waals surface area (Å²) in [5.41, 5.74) is 6.92. The van der Waals surface area contributed by atoms with Crippen LogP contribution in [0.25, 0.3) is 0 Å². The summed E-state index contributed by atoms with van der Waals surface area (Å²) in [6.07, 6.45) is 1.44. The van der Waals surface area contributed by atoms with Crippen LogP contribution < -0.4 is 5.73 Å². The van der Waals surface area contributed by atoms with Crippen LogP contribution in [0, 0.1) is 5.82 Å². The highest BCUT2D eigenvalue weighted by Gasteiger charge is 2.07. The SMILES string of the molecule is CC(C)=CC(=O)c1cc(F)ccc1N. The number of nitrogens with two attached hydrogens (primary N) is 1. The van der Waals surface area contributed by atoms with Crippen molar-refractivity contribution in [2.75, 3.05) is 5.73 Å². The zero-order chi connectivity index (χ0) is 10.7. The Bertz CT molecular complexity index is 392. The van der Waals surface area contributed by atoms with Gasteiger partial charge in [-0.15, -0.1) is 0 Å². The Hall–Kier alpha value is -1.64. The lowest BCUT2D eigenvalue weighted by atomic mass is 10.1. The van der Waals surface area contributed by atoms with Gasteiger partial charge in [-0.25, -0.2) is 4.39 Å². The minimum Gasteiger partial charge on any atom is -0.398 e. The number of carbonyl (C=O) groups excluding carboxylic acids is 1. The molecule has 0 heterocycles. The molecule has 2 nitrogen and oxygen atoms in total. The molecule has 0 aliphatic carbocycles. The second-order valence-corrected chi connectivity index (χ2v) is 3.32. The second kappa shape index (κ2) is 4.05. The average molecular weight is 193 g/mol. The molecule has 0 aromatic heterocycles. The number of rotatable bonds is 2. The van der Waals surface area contributed by atoms with E-state index in [1.807, 2.05) is 0 Å². The lowest BCUT2D eigenvalue weighted by Gasteiger charge is -2.01. The fraction of sp³-hybridized carbons (Fsp3) is 0.182. The largest absolute Gasteiger partial charge is 0.398 e. The number of allylic oxidation sites excluding steroid dienone is 2. The van der Waals surface area contributed by atoms with Crippen LogP contribution in [0.3, 0.4) is 0 Å². The standard InChI is InChI=1S/C11H12FNO/c1-7(2)5-11(14)9-6-8(12)3-4-10(9)13/h3-6H,13H2,1-2H3. The van der Waals surface area contributed by atoms with Crippen molar-refractivity contribution < 1.29 is 9.18 Å². The molecule has 0 bridgehead atoms. The number of halogens is 1. The highest BCUT2D eigenvalue weighted by molar-refractivity contribution is 6.08. The molecular weight excluding hydrogens is 181 g/mol. The summed E-state index contributed by atoms with van der Waals surface area (Å²) in [5, 5.41) is 0. The highest BCUT2D eigenvalue weighted by Crippen LogP contribution is 2.15. The topological polar surface area (TPSA) is 43.1 Å². The number of ketones is 1. The predicted octanol–water partition coefficient (Wildman–Crippen LogP) is 2.56. The van der Waals surface area contributed by atoms with E-state index in [1.165, 1.54) is 18.2 Å². The first-order valence-corrected chi connectivity index (χ1v) is 4.25. The maximum Gasteiger partial charge on any atom is 0.187 e. The maximum absolute atomic E-state index is 12.8. The summed E-state index contributed by atoms with van der Waals surface area (Å²) in [5.74, 6) is -0.716. The van der Waals surface area contributed by atoms with Crippen molar-refractivity contribution in [3.63, 3.8) is 0 Å². The van der Waals surface area contributed by atoms with Crippen molar-refractivity contribution >= 4 is 11.5 Å². The van der Waals surface area contributed by atoms with Gasteiger partial charge in [0.2, 0.25) is 0 Å². The van der Waals surface area contributed by atoms with Crippen LogP contribution in [0.15, 0.2) is 29.8 Å². The normalized spacial score (nSPS) is 9.64. The Morgan fingerprint density at radius 1 is 1.43 bits per heavy atom. The van der Waals surface area contributed by atoms with E-state index < -0.39 is 5.82 Å². The first-order valence-electron chi connectivity index (χ1n) is 4.25. The summed E-state index contributed by atoms with van der Waals surface area (Å²) >= 11 is 0. The van der Waals surface area contributed by atoms with Gasteiger partial charge in [-0.1, -0.05) is 5.57 Å². The zero-order valence-corrected chi connectivity index (χ0v) is 8.17. The summed E-state index contributed by atoms with van der Waals surface area (Å²) < 4.78 is 12.8. The minimum absolute atomic E-state index is 0.214. The number of hydrogen-bond donors (Lipinski definition) is 1. The van der Waals surface area contributed by atoms with Crippen LogP contribution in [0.4, 0.5) is 10.1 Å². The van der Waals surface area contributed by atoms with E-state index in [0.29, 0.717) is 5.69 Å². The van der Waals surface area contributed by atoms with Crippen molar-refractivity contribution in [2.45, 2.75) is 13.8 Å². The van der Waals surface area contributed by atoms with Crippen molar-refractivity contribution in [1.29, 1.82) is 0 Å². The number of anilines is 1. The van der Waals surface area contributed by atoms with Gasteiger partial charge in [-0.05, 0) is 38.1 Å². The van der Waals surface area contributed by atoms with E-state index in [0.717, 1.165) is 11.6 Å². The van der Waals surface area contributed by atoms with Crippen LogP contribution >= 0.6 is 0 Å². The minimum atomic E-state index is -0.454. The van der Waals surface area contributed by atoms with Crippen molar-refractivity contribution in [3.8, 4) is 0 Å². The maximum atomic E-state index is 12.8. The molecule has 74 valence electrons. The summed E-state index contributed by atoms with van der Waals surface area (Å²) in [4.78, 5) is 11.5. The quantitative estimate of drug-likeness (QED) is 0.445. The van der Waals surface area contributed by atoms with Crippen molar-refractivity contribution in [2.24, 2.45) is 0 Å². The molecular formula is C11H12FNO. The number of nitrogen functional groups attached to an aromatic ring is 1. The van der Waals surface area contributed by atoms with Gasteiger partial charge in [-0.3, -0.25) is 4.79 Å². The van der Waals surface area contributed by atoms with Crippen molar-refractivity contribution in [1.82, 2.24) is 0 Å². The third kappa shape index (κ3) is 2.42. The van der Waals surface area contributed by atoms with Crippen LogP contribution in [0.5, 0.6) is 0 Å². The van der Waals surface area contributed by atoms with E-state index in [2.05, 4.69) is 0 Å². The van der Waals surface area contributed by atoms with Gasteiger partial charge in [-0.2, -0.15) is 0 Å². The Morgan fingerprint density at radius 2 is 2.07 bits per heavy atom. The molecule has 2 N–H and O–H groups in total. The highest BCUT2D eigenvalue weighted by atomic mass is 19.1. The van der Waals surface area contributed by atoms with E-state index >= 15 is 0 Å². The lowest BCUT2D eigenvalue weighted by molar-refractivity contribution is 0.104. The lowest BCUT2D eigenvalue weighted by Crippen LogP contribution is -2.01. The number of benzene rings is 1. The Kier molecular flexibility index (Phi) is 3.02. The molecule has 1 aromatic carbocycles. The molecule has 0 spiro atoms. The van der Waals surface area contributed by atoms with Gasteiger partial charge in [0.25, 0.3) is 0 Å². The van der Waals surface area contributed by atoms with E-state index in [9.17, 15) is 9.18 Å². The molecule has 1 rings (SSSR count). The molecule has 3 heteroatoms. The zero-order valence-electron chi connectivity index (χ0n) is 8.17. The molecule has 0 unspecified atom stereocenters. The fourth-order valence-corrected chi connectivity index (χ4v) is 1.08. The third-order valence-electron chi connectivity index (χ3n) is 1.70. The Labute approximate surface area is 82.2 Å². The molecule has 0 saturated carbocycles. The Balaban J connectivity index is 3.12. The van der Waals surface area contributed by atoms with E-state index in [1.54, 1.807) is 13.8 Å². The van der Waals surface area contributed by atoms with E-state index in [-0.39, 0.29) is 11.3 Å². The summed E-state index contributed by atoms with van der Waals surface area (Å²) in [7, 11) is 0. The van der Waals surface area contributed by atoms with E-state index in [4.69, 9.17) is 5.73 Å². The van der Waals surface area contributed by atoms with Crippen molar-refractivity contribution in [3.05, 3.63) is 41.2 Å². The molecule has 0 atom stereocenters. The summed E-state index contributed by atoms with van der Waals surface area (Å²) in [6, 6.07) is 3.77. The fourth-order valence-electron chi connectivity index (χ4n) is 1.08. The molecule has 0 fully saturated rings. The van der Waals surface area contributed by atoms with Crippen LogP contribution in [0.2, 0.25) is 0 Å². The molecule has 0 radical (unpaired) electrons. The molecule has 1 aromatic rings. The predicted molar refractivity (Wildman–Crippen MR) is 54.6 cm³/mol. The van der Waals surface area contributed by atoms with Gasteiger partial charge in [0.1, 0.15) is 5.82 Å². The molecule has 0 amide bonds. The summed E-state index contributed by atoms with van der Waals surface area (Å²) in [6.45, 7) is 3.60. The smallest absolute Gasteiger partial charge is 0.187 e. The molecule has 0 aliphatic rings. The van der Waals surface area contributed by atoms with Gasteiger partial charge in [0.05, 0.1) is 0 Å². The molecule has 14 heavy (non-hydrogen) atoms. The number of hydrogen-bond acceptors (Lipinski definition) is 2. The second-order valence-electron chi connectivity index (χ2n) is 3.32. The monoisotopic (exact) mass is 193 g/mol. The Morgan fingerprint density at radius 3 is 2.64 bits per heavy atom. The first kappa shape index (κ1) is 10.4. The number of carbonyl (C=O) groups is 1. The van der Waals surface area contributed by atoms with Gasteiger partial charge < -0.3 is 5.73 Å². The van der Waals surface area contributed by atoms with Gasteiger partial charge >= 0.3 is 0 Å². The average Bonchev–Trinajstić information content (AvgIpc) is 2.08. The van der Waals surface area contributed by atoms with Crippen LogP contribution in [-0.4, -0.2) is 5.78 Å². The van der Waals surface area contributed by atoms with Crippen LogP contribution in [-0.2, 0) is 0 Å². The first-order chi connectivity index (χ1) is 6.50. The van der Waals surface area contributed by atoms with Gasteiger partial charge in [0, 0.05) is 11.3 Å². The molecule has 0 saturated heterocycles. The molecule has 0 aliphatic heterocycles. The third-order valence-corrected chi connectivity index (χ3v) is 1.70.